The maximum Gasteiger partial charge on any atom is 0.324 e. The lowest BCUT2D eigenvalue weighted by Crippen LogP contribution is -2.26. The molecular formula is C4H10NO6P. The van der Waals surface area contributed by atoms with Gasteiger partial charge in [-0.3, -0.25) is 9.59 Å². The van der Waals surface area contributed by atoms with Crippen LogP contribution in [0.3, 0.4) is 0 Å². The lowest BCUT2D eigenvalue weighted by Gasteiger charge is -1.92. The maximum absolute atomic E-state index is 9.97. The minimum atomic E-state index is -2.62. The Morgan fingerprint density at radius 2 is 1.67 bits per heavy atom. The number of rotatable bonds is 2. The van der Waals surface area contributed by atoms with Crippen LogP contribution >= 0.6 is 8.60 Å². The van der Waals surface area contributed by atoms with Crippen molar-refractivity contribution in [3.63, 3.8) is 0 Å². The summed E-state index contributed by atoms with van der Waals surface area (Å²) in [5.41, 5.74) is 0. The van der Waals surface area contributed by atoms with Gasteiger partial charge in [0.05, 0.1) is 0 Å². The molecule has 0 aliphatic rings. The van der Waals surface area contributed by atoms with E-state index in [1.807, 2.05) is 0 Å². The van der Waals surface area contributed by atoms with Gasteiger partial charge in [-0.2, -0.15) is 0 Å². The number of carbonyl (C=O) groups excluding carboxylic acids is 1. The predicted molar refractivity (Wildman–Crippen MR) is 39.9 cm³/mol. The SMILES string of the molecule is CC(=O)NCC(=O)O.OP(O)O. The number of carboxylic acid groups (broad SMARTS) is 1. The smallest absolute Gasteiger partial charge is 0.324 e. The number of hydrogen-bond acceptors (Lipinski definition) is 5. The van der Waals surface area contributed by atoms with Crippen LogP contribution in [0.1, 0.15) is 6.92 Å². The number of aliphatic carboxylic acids is 1. The van der Waals surface area contributed by atoms with E-state index in [9.17, 15) is 9.59 Å². The van der Waals surface area contributed by atoms with Gasteiger partial charge in [-0.05, 0) is 0 Å². The van der Waals surface area contributed by atoms with Gasteiger partial charge in [-0.15, -0.1) is 0 Å². The number of carboxylic acids is 1. The first kappa shape index (κ1) is 13.8. The molecule has 0 bridgehead atoms. The molecule has 0 saturated heterocycles. The number of amides is 1. The van der Waals surface area contributed by atoms with Crippen LogP contribution in [0.2, 0.25) is 0 Å². The largest absolute Gasteiger partial charge is 0.480 e. The van der Waals surface area contributed by atoms with E-state index in [2.05, 4.69) is 5.32 Å². The average molecular weight is 199 g/mol. The minimum Gasteiger partial charge on any atom is -0.480 e. The molecular weight excluding hydrogens is 189 g/mol. The van der Waals surface area contributed by atoms with Crippen LogP contribution in [0.25, 0.3) is 0 Å². The first-order valence-electron chi connectivity index (χ1n) is 2.69. The van der Waals surface area contributed by atoms with Gasteiger partial charge >= 0.3 is 14.6 Å². The van der Waals surface area contributed by atoms with Gasteiger partial charge in [0, 0.05) is 6.92 Å². The van der Waals surface area contributed by atoms with Crippen molar-refractivity contribution in [3.8, 4) is 0 Å². The second kappa shape index (κ2) is 8.35. The summed E-state index contributed by atoms with van der Waals surface area (Å²) >= 11 is 0. The van der Waals surface area contributed by atoms with Crippen molar-refractivity contribution >= 4 is 20.5 Å². The van der Waals surface area contributed by atoms with Crippen LogP contribution in [-0.4, -0.2) is 38.2 Å². The fourth-order valence-electron chi connectivity index (χ4n) is 0.200. The molecule has 0 aromatic rings. The standard InChI is InChI=1S/C4H7NO3.H3O3P/c1-3(6)5-2-4(7)8;1-4(2)3/h2H2,1H3,(H,5,6)(H,7,8);1-3H. The summed E-state index contributed by atoms with van der Waals surface area (Å²) in [5, 5.41) is 10.1. The molecule has 0 radical (unpaired) electrons. The van der Waals surface area contributed by atoms with Gasteiger partial charge in [-0.25, -0.2) is 0 Å². The Morgan fingerprint density at radius 1 is 1.33 bits per heavy atom. The number of hydrogen-bond donors (Lipinski definition) is 5. The molecule has 0 heterocycles. The first-order valence-corrected chi connectivity index (χ1v) is 3.89. The predicted octanol–water partition coefficient (Wildman–Crippen LogP) is -1.60. The second-order valence-corrected chi connectivity index (χ2v) is 2.11. The van der Waals surface area contributed by atoms with E-state index in [0.29, 0.717) is 0 Å². The van der Waals surface area contributed by atoms with E-state index >= 15 is 0 Å². The zero-order valence-corrected chi connectivity index (χ0v) is 7.15. The molecule has 0 saturated carbocycles. The Morgan fingerprint density at radius 3 is 1.75 bits per heavy atom. The van der Waals surface area contributed by atoms with Crippen molar-refractivity contribution in [2.45, 2.75) is 6.92 Å². The highest BCUT2D eigenvalue weighted by Gasteiger charge is 1.94. The Hall–Kier alpha value is -0.750. The van der Waals surface area contributed by atoms with Crippen LogP contribution in [-0.2, 0) is 9.59 Å². The molecule has 72 valence electrons. The third-order valence-corrected chi connectivity index (χ3v) is 0.489. The second-order valence-electron chi connectivity index (χ2n) is 1.57. The highest BCUT2D eigenvalue weighted by atomic mass is 31.2. The Balaban J connectivity index is 0. The van der Waals surface area contributed by atoms with Gasteiger partial charge in [0.15, 0.2) is 0 Å². The number of nitrogens with one attached hydrogen (secondary N) is 1. The van der Waals surface area contributed by atoms with E-state index in [0.717, 1.165) is 0 Å². The van der Waals surface area contributed by atoms with Crippen molar-refractivity contribution in [2.75, 3.05) is 6.54 Å². The molecule has 0 atom stereocenters. The summed E-state index contributed by atoms with van der Waals surface area (Å²) < 4.78 is 0. The Kier molecular flexibility index (Phi) is 9.61. The Bertz CT molecular complexity index is 132. The molecule has 0 fully saturated rings. The number of carbonyl (C=O) groups is 2. The quantitative estimate of drug-likeness (QED) is 0.341. The monoisotopic (exact) mass is 199 g/mol. The summed E-state index contributed by atoms with van der Waals surface area (Å²) in [4.78, 5) is 41.4. The van der Waals surface area contributed by atoms with Crippen LogP contribution < -0.4 is 5.32 Å². The zero-order valence-electron chi connectivity index (χ0n) is 6.26. The summed E-state index contributed by atoms with van der Waals surface area (Å²) in [5.74, 6) is -1.35. The lowest BCUT2D eigenvalue weighted by molar-refractivity contribution is -0.137. The molecule has 0 aromatic heterocycles. The molecule has 0 rings (SSSR count). The molecule has 0 aromatic carbocycles. The van der Waals surface area contributed by atoms with Crippen LogP contribution in [0.4, 0.5) is 0 Å². The average Bonchev–Trinajstić information content (AvgIpc) is 1.82. The Labute approximate surface area is 69.6 Å². The molecule has 0 aliphatic carbocycles. The highest BCUT2D eigenvalue weighted by molar-refractivity contribution is 7.38. The summed E-state index contributed by atoms with van der Waals surface area (Å²) in [6, 6.07) is 0. The fraction of sp³-hybridized carbons (Fsp3) is 0.500. The summed E-state index contributed by atoms with van der Waals surface area (Å²) in [6.45, 7) is 0.971. The zero-order chi connectivity index (χ0) is 10.1. The third-order valence-electron chi connectivity index (χ3n) is 0.489. The van der Waals surface area contributed by atoms with E-state index in [1.165, 1.54) is 6.92 Å². The third kappa shape index (κ3) is 34.9. The first-order chi connectivity index (χ1) is 5.36. The van der Waals surface area contributed by atoms with E-state index in [1.54, 1.807) is 0 Å². The topological polar surface area (TPSA) is 127 Å². The van der Waals surface area contributed by atoms with Crippen molar-refractivity contribution in [2.24, 2.45) is 0 Å². The van der Waals surface area contributed by atoms with Crippen LogP contribution in [0, 0.1) is 0 Å². The van der Waals surface area contributed by atoms with Crippen molar-refractivity contribution < 1.29 is 29.4 Å². The van der Waals surface area contributed by atoms with Crippen LogP contribution in [0.5, 0.6) is 0 Å². The molecule has 7 nitrogen and oxygen atoms in total. The highest BCUT2D eigenvalue weighted by Crippen LogP contribution is 2.11. The van der Waals surface area contributed by atoms with E-state index in [-0.39, 0.29) is 12.5 Å². The lowest BCUT2D eigenvalue weighted by atomic mass is 10.6. The molecule has 12 heavy (non-hydrogen) atoms. The van der Waals surface area contributed by atoms with Crippen molar-refractivity contribution in [3.05, 3.63) is 0 Å². The van der Waals surface area contributed by atoms with Crippen LogP contribution in [0.15, 0.2) is 0 Å². The van der Waals surface area contributed by atoms with Gasteiger partial charge in [0.2, 0.25) is 5.91 Å². The maximum atomic E-state index is 9.97. The molecule has 0 spiro atoms. The summed E-state index contributed by atoms with van der Waals surface area (Å²) in [6.07, 6.45) is 0. The fourth-order valence-corrected chi connectivity index (χ4v) is 0.200. The molecule has 5 N–H and O–H groups in total. The molecule has 1 amide bonds. The minimum absolute atomic E-state index is 0.296. The van der Waals surface area contributed by atoms with Crippen molar-refractivity contribution in [1.29, 1.82) is 0 Å². The molecule has 0 unspecified atom stereocenters. The van der Waals surface area contributed by atoms with Gasteiger partial charge in [-0.1, -0.05) is 0 Å². The molecule has 8 heteroatoms. The van der Waals surface area contributed by atoms with E-state index < -0.39 is 14.6 Å². The van der Waals surface area contributed by atoms with E-state index in [4.69, 9.17) is 19.8 Å². The normalized spacial score (nSPS) is 8.42. The summed E-state index contributed by atoms with van der Waals surface area (Å²) in [7, 11) is -2.62. The van der Waals surface area contributed by atoms with Crippen molar-refractivity contribution in [1.82, 2.24) is 5.32 Å². The van der Waals surface area contributed by atoms with Gasteiger partial charge in [0.25, 0.3) is 0 Å². The van der Waals surface area contributed by atoms with Gasteiger partial charge < -0.3 is 25.1 Å². The molecule has 0 aliphatic heterocycles. The van der Waals surface area contributed by atoms with Gasteiger partial charge in [0.1, 0.15) is 6.54 Å².